The summed E-state index contributed by atoms with van der Waals surface area (Å²) in [5.74, 6) is -0.405. The Morgan fingerprint density at radius 3 is 2.52 bits per heavy atom. The van der Waals surface area contributed by atoms with Crippen LogP contribution in [0.4, 0.5) is 13.2 Å². The van der Waals surface area contributed by atoms with E-state index in [0.717, 1.165) is 0 Å². The molecule has 4 rings (SSSR count). The number of benzene rings is 1. The molecule has 0 bridgehead atoms. The summed E-state index contributed by atoms with van der Waals surface area (Å²) in [6, 6.07) is 8.94. The van der Waals surface area contributed by atoms with Crippen LogP contribution in [-0.4, -0.2) is 35.7 Å². The zero-order valence-corrected chi connectivity index (χ0v) is 13.9. The highest BCUT2D eigenvalue weighted by atomic mass is 19.3. The molecule has 6 nitrogen and oxygen atoms in total. The average molecular weight is 373 g/mol. The van der Waals surface area contributed by atoms with Gasteiger partial charge in [-0.3, -0.25) is 0 Å². The fraction of sp³-hybridized carbons (Fsp3) is 0.167. The summed E-state index contributed by atoms with van der Waals surface area (Å²) in [7, 11) is 0. The lowest BCUT2D eigenvalue weighted by Gasteiger charge is -2.10. The van der Waals surface area contributed by atoms with Crippen molar-refractivity contribution in [1.82, 2.24) is 24.1 Å². The topological polar surface area (TPSA) is 68.2 Å². The van der Waals surface area contributed by atoms with Crippen molar-refractivity contribution in [3.63, 3.8) is 0 Å². The molecule has 4 aromatic rings. The van der Waals surface area contributed by atoms with Crippen molar-refractivity contribution >= 4 is 5.65 Å². The van der Waals surface area contributed by atoms with Gasteiger partial charge in [0.25, 0.3) is 6.43 Å². The van der Waals surface area contributed by atoms with Crippen LogP contribution in [0, 0.1) is 5.82 Å². The number of rotatable bonds is 5. The maximum absolute atomic E-state index is 13.3. The highest BCUT2D eigenvalue weighted by Gasteiger charge is 2.19. The maximum atomic E-state index is 13.3. The normalized spacial score (nSPS) is 11.6. The van der Waals surface area contributed by atoms with Crippen LogP contribution in [-0.2, 0) is 13.2 Å². The van der Waals surface area contributed by atoms with Crippen molar-refractivity contribution < 1.29 is 18.3 Å². The van der Waals surface area contributed by atoms with Crippen molar-refractivity contribution in [1.29, 1.82) is 0 Å². The van der Waals surface area contributed by atoms with Gasteiger partial charge in [0.1, 0.15) is 11.5 Å². The summed E-state index contributed by atoms with van der Waals surface area (Å²) < 4.78 is 42.1. The molecule has 27 heavy (non-hydrogen) atoms. The predicted molar refractivity (Wildman–Crippen MR) is 91.5 cm³/mol. The summed E-state index contributed by atoms with van der Waals surface area (Å²) in [4.78, 5) is 8.38. The van der Waals surface area contributed by atoms with E-state index < -0.39 is 18.8 Å². The molecular weight excluding hydrogens is 359 g/mol. The van der Waals surface area contributed by atoms with Gasteiger partial charge in [0.15, 0.2) is 5.65 Å². The van der Waals surface area contributed by atoms with Gasteiger partial charge in [0.05, 0.1) is 42.8 Å². The van der Waals surface area contributed by atoms with Crippen molar-refractivity contribution in [2.75, 3.05) is 0 Å². The zero-order valence-electron chi connectivity index (χ0n) is 13.9. The molecule has 0 saturated heterocycles. The fourth-order valence-electron chi connectivity index (χ4n) is 2.91. The van der Waals surface area contributed by atoms with Gasteiger partial charge in [0, 0.05) is 5.56 Å². The Morgan fingerprint density at radius 2 is 1.81 bits per heavy atom. The van der Waals surface area contributed by atoms with Gasteiger partial charge in [-0.15, -0.1) is 0 Å². The number of aliphatic hydroxyl groups is 1. The van der Waals surface area contributed by atoms with Crippen molar-refractivity contribution in [2.24, 2.45) is 0 Å². The fourth-order valence-corrected chi connectivity index (χ4v) is 2.91. The molecule has 1 N–H and O–H groups in total. The number of halogens is 3. The first-order chi connectivity index (χ1) is 13.1. The number of hydrogen-bond acceptors (Lipinski definition) is 4. The standard InChI is InChI=1S/C18H14F3N5O/c19-12-3-1-11(2-4-12)17-18(25(10-23-17)8-15(20)21)14-5-6-16-22-7-13(9-27)26(16)24-14/h1-7,10,15,27H,8-9H2. The third kappa shape index (κ3) is 3.17. The molecule has 0 aliphatic heterocycles. The van der Waals surface area contributed by atoms with E-state index in [1.807, 2.05) is 0 Å². The number of fused-ring (bicyclic) bond motifs is 1. The second-order valence-electron chi connectivity index (χ2n) is 5.89. The summed E-state index contributed by atoms with van der Waals surface area (Å²) >= 11 is 0. The zero-order chi connectivity index (χ0) is 19.0. The molecule has 3 aromatic heterocycles. The smallest absolute Gasteiger partial charge is 0.256 e. The molecular formula is C18H14F3N5O. The molecule has 0 fully saturated rings. The molecule has 0 unspecified atom stereocenters. The maximum Gasteiger partial charge on any atom is 0.256 e. The first kappa shape index (κ1) is 17.2. The molecule has 0 aliphatic carbocycles. The van der Waals surface area contributed by atoms with E-state index in [1.165, 1.54) is 45.9 Å². The molecule has 0 amide bonds. The highest BCUT2D eigenvalue weighted by Crippen LogP contribution is 2.31. The monoisotopic (exact) mass is 373 g/mol. The number of imidazole rings is 2. The van der Waals surface area contributed by atoms with Crippen molar-refractivity contribution in [3.8, 4) is 22.6 Å². The third-order valence-electron chi connectivity index (χ3n) is 4.13. The number of aromatic nitrogens is 5. The van der Waals surface area contributed by atoms with Crippen LogP contribution in [0.15, 0.2) is 48.9 Å². The minimum atomic E-state index is -2.58. The van der Waals surface area contributed by atoms with Crippen LogP contribution < -0.4 is 0 Å². The van der Waals surface area contributed by atoms with Crippen LogP contribution in [0.5, 0.6) is 0 Å². The lowest BCUT2D eigenvalue weighted by Crippen LogP contribution is -2.09. The van der Waals surface area contributed by atoms with E-state index in [9.17, 15) is 18.3 Å². The molecule has 0 spiro atoms. The van der Waals surface area contributed by atoms with Crippen LogP contribution in [0.1, 0.15) is 5.69 Å². The number of aliphatic hydroxyl groups excluding tert-OH is 1. The van der Waals surface area contributed by atoms with Crippen LogP contribution in [0.25, 0.3) is 28.3 Å². The number of hydrogen-bond donors (Lipinski definition) is 1. The Kier molecular flexibility index (Phi) is 4.36. The minimum Gasteiger partial charge on any atom is -0.390 e. The van der Waals surface area contributed by atoms with Gasteiger partial charge >= 0.3 is 0 Å². The van der Waals surface area contributed by atoms with Gasteiger partial charge in [-0.05, 0) is 36.4 Å². The summed E-state index contributed by atoms with van der Waals surface area (Å²) in [6.45, 7) is -0.821. The van der Waals surface area contributed by atoms with Crippen LogP contribution in [0.3, 0.4) is 0 Å². The Balaban J connectivity index is 1.91. The van der Waals surface area contributed by atoms with Crippen molar-refractivity contribution in [2.45, 2.75) is 19.6 Å². The van der Waals surface area contributed by atoms with E-state index in [1.54, 1.807) is 12.1 Å². The van der Waals surface area contributed by atoms with Gasteiger partial charge in [-0.2, -0.15) is 5.10 Å². The molecule has 9 heteroatoms. The molecule has 138 valence electrons. The average Bonchev–Trinajstić information content (AvgIpc) is 3.25. The quantitative estimate of drug-likeness (QED) is 0.584. The minimum absolute atomic E-state index is 0.265. The van der Waals surface area contributed by atoms with Crippen LogP contribution >= 0.6 is 0 Å². The van der Waals surface area contributed by atoms with E-state index in [-0.39, 0.29) is 6.61 Å². The van der Waals surface area contributed by atoms with E-state index in [2.05, 4.69) is 15.1 Å². The van der Waals surface area contributed by atoms with Gasteiger partial charge in [-0.25, -0.2) is 27.7 Å². The Morgan fingerprint density at radius 1 is 1.04 bits per heavy atom. The lowest BCUT2D eigenvalue weighted by atomic mass is 10.1. The predicted octanol–water partition coefficient (Wildman–Crippen LogP) is 3.16. The van der Waals surface area contributed by atoms with E-state index in [4.69, 9.17) is 0 Å². The second-order valence-corrected chi connectivity index (χ2v) is 5.89. The van der Waals surface area contributed by atoms with Crippen molar-refractivity contribution in [3.05, 3.63) is 60.4 Å². The largest absolute Gasteiger partial charge is 0.390 e. The molecule has 0 radical (unpaired) electrons. The first-order valence-electron chi connectivity index (χ1n) is 8.11. The molecule has 1 aromatic carbocycles. The Bertz CT molecular complexity index is 1090. The summed E-state index contributed by atoms with van der Waals surface area (Å²) in [6.07, 6.45) is 0.222. The third-order valence-corrected chi connectivity index (χ3v) is 4.13. The molecule has 3 heterocycles. The lowest BCUT2D eigenvalue weighted by molar-refractivity contribution is 0.127. The van der Waals surface area contributed by atoms with Gasteiger partial charge in [-0.1, -0.05) is 0 Å². The molecule has 0 saturated carbocycles. The molecule has 0 aliphatic rings. The number of alkyl halides is 2. The highest BCUT2D eigenvalue weighted by molar-refractivity contribution is 5.77. The van der Waals surface area contributed by atoms with Gasteiger partial charge in [0.2, 0.25) is 0 Å². The summed E-state index contributed by atoms with van der Waals surface area (Å²) in [5.41, 5.74) is 2.73. The summed E-state index contributed by atoms with van der Waals surface area (Å²) in [5, 5.41) is 13.9. The Labute approximate surface area is 151 Å². The number of nitrogens with zero attached hydrogens (tertiary/aromatic N) is 5. The first-order valence-corrected chi connectivity index (χ1v) is 8.11. The van der Waals surface area contributed by atoms with E-state index in [0.29, 0.717) is 34.0 Å². The second kappa shape index (κ2) is 6.84. The van der Waals surface area contributed by atoms with Gasteiger partial charge < -0.3 is 9.67 Å². The van der Waals surface area contributed by atoms with E-state index >= 15 is 0 Å². The SMILES string of the molecule is OCc1cnc2ccc(-c3c(-c4ccc(F)cc4)ncn3CC(F)F)nn12. The van der Waals surface area contributed by atoms with Crippen LogP contribution in [0.2, 0.25) is 0 Å². The Hall–Kier alpha value is -3.20. The molecule has 0 atom stereocenters.